The van der Waals surface area contributed by atoms with Gasteiger partial charge in [0.05, 0.1) is 6.42 Å². The summed E-state index contributed by atoms with van der Waals surface area (Å²) in [6.45, 7) is 4.39. The average Bonchev–Trinajstić information content (AvgIpc) is 2.63. The number of rotatable bonds is 2. The molecule has 3 heterocycles. The fourth-order valence-electron chi connectivity index (χ4n) is 3.88. The van der Waals surface area contributed by atoms with Crippen LogP contribution in [0.3, 0.4) is 0 Å². The second-order valence-corrected chi connectivity index (χ2v) is 6.55. The molecule has 3 aliphatic rings. The Hall–Kier alpha value is -0.750. The van der Waals surface area contributed by atoms with Gasteiger partial charge in [-0.25, -0.2) is 4.79 Å². The van der Waals surface area contributed by atoms with E-state index in [2.05, 4.69) is 10.2 Å². The van der Waals surface area contributed by atoms with Gasteiger partial charge in [-0.15, -0.1) is 0 Å². The van der Waals surface area contributed by atoms with Crippen molar-refractivity contribution < 1.29 is 18.3 Å². The fourth-order valence-corrected chi connectivity index (χ4v) is 3.88. The molecule has 20 heavy (non-hydrogen) atoms. The monoisotopic (exact) mass is 288 g/mol. The summed E-state index contributed by atoms with van der Waals surface area (Å²) in [5, 5.41) is 3.45. The normalized spacial score (nSPS) is 38.1. The molecule has 0 bridgehead atoms. The number of piperidine rings is 2. The van der Waals surface area contributed by atoms with Crippen LogP contribution < -0.4 is 5.32 Å². The second-order valence-electron chi connectivity index (χ2n) is 6.55. The van der Waals surface area contributed by atoms with Crippen LogP contribution in [0.15, 0.2) is 0 Å². The molecule has 2 atom stereocenters. The third-order valence-corrected chi connectivity index (χ3v) is 4.82. The van der Waals surface area contributed by atoms with Crippen molar-refractivity contribution in [2.75, 3.05) is 32.7 Å². The van der Waals surface area contributed by atoms with Gasteiger partial charge in [-0.1, -0.05) is 0 Å². The van der Waals surface area contributed by atoms with Gasteiger partial charge in [0.2, 0.25) is 0 Å². The molecule has 4 nitrogen and oxygen atoms in total. The van der Waals surface area contributed by atoms with E-state index in [9.17, 15) is 13.6 Å². The highest BCUT2D eigenvalue weighted by Crippen LogP contribution is 2.37. The maximum Gasteiger partial charge on any atom is 0.377 e. The van der Waals surface area contributed by atoms with Crippen molar-refractivity contribution in [1.29, 1.82) is 0 Å². The van der Waals surface area contributed by atoms with Crippen molar-refractivity contribution >= 4 is 5.97 Å². The predicted molar refractivity (Wildman–Crippen MR) is 69.7 cm³/mol. The number of ether oxygens (including phenoxy) is 1. The van der Waals surface area contributed by atoms with Gasteiger partial charge >= 0.3 is 11.9 Å². The number of cyclic esters (lactones) is 1. The van der Waals surface area contributed by atoms with Crippen LogP contribution in [0, 0.1) is 5.41 Å². The van der Waals surface area contributed by atoms with Crippen molar-refractivity contribution in [2.45, 2.75) is 44.1 Å². The molecule has 1 N–H and O–H groups in total. The highest BCUT2D eigenvalue weighted by molar-refractivity contribution is 5.79. The number of nitrogens with zero attached hydrogens (tertiary/aromatic N) is 1. The minimum atomic E-state index is -3.29. The van der Waals surface area contributed by atoms with E-state index in [4.69, 9.17) is 4.74 Å². The second kappa shape index (κ2) is 5.22. The summed E-state index contributed by atoms with van der Waals surface area (Å²) in [6.07, 6.45) is 3.58. The molecular weight excluding hydrogens is 266 g/mol. The third kappa shape index (κ3) is 2.81. The Morgan fingerprint density at radius 3 is 2.80 bits per heavy atom. The number of likely N-dealkylation sites (tertiary alicyclic amines) is 1. The highest BCUT2D eigenvalue weighted by atomic mass is 19.3. The smallest absolute Gasteiger partial charge is 0.377 e. The third-order valence-electron chi connectivity index (χ3n) is 4.82. The van der Waals surface area contributed by atoms with Crippen LogP contribution in [0.5, 0.6) is 0 Å². The number of hydrogen-bond donors (Lipinski definition) is 1. The van der Waals surface area contributed by atoms with E-state index in [1.807, 2.05) is 0 Å². The Morgan fingerprint density at radius 2 is 2.15 bits per heavy atom. The lowest BCUT2D eigenvalue weighted by Crippen LogP contribution is -2.52. The largest absolute Gasteiger partial charge is 0.456 e. The molecule has 2 unspecified atom stereocenters. The Kier molecular flexibility index (Phi) is 3.71. The van der Waals surface area contributed by atoms with Gasteiger partial charge in [-0.3, -0.25) is 4.90 Å². The summed E-state index contributed by atoms with van der Waals surface area (Å²) in [5.41, 5.74) is 0.293. The van der Waals surface area contributed by atoms with Gasteiger partial charge in [-0.2, -0.15) is 8.78 Å². The molecule has 0 aromatic heterocycles. The first-order valence-corrected chi connectivity index (χ1v) is 7.51. The number of hydrogen-bond acceptors (Lipinski definition) is 4. The van der Waals surface area contributed by atoms with Gasteiger partial charge in [0.15, 0.2) is 0 Å². The van der Waals surface area contributed by atoms with E-state index < -0.39 is 24.4 Å². The SMILES string of the molecule is O=C1OC(CN2CCCC3(CCCNC3)C2)CC1(F)F. The molecule has 0 aromatic carbocycles. The number of esters is 1. The van der Waals surface area contributed by atoms with Crippen molar-refractivity contribution in [3.63, 3.8) is 0 Å². The Balaban J connectivity index is 1.57. The van der Waals surface area contributed by atoms with Crippen LogP contribution in [-0.2, 0) is 9.53 Å². The summed E-state index contributed by atoms with van der Waals surface area (Å²) in [7, 11) is 0. The molecule has 3 saturated heterocycles. The van der Waals surface area contributed by atoms with E-state index in [1.165, 1.54) is 19.3 Å². The van der Waals surface area contributed by atoms with Crippen LogP contribution >= 0.6 is 0 Å². The Morgan fingerprint density at radius 1 is 1.35 bits per heavy atom. The van der Waals surface area contributed by atoms with Crippen LogP contribution in [0.4, 0.5) is 8.78 Å². The highest BCUT2D eigenvalue weighted by Gasteiger charge is 2.51. The Labute approximate surface area is 117 Å². The molecule has 0 amide bonds. The lowest BCUT2D eigenvalue weighted by atomic mass is 9.74. The lowest BCUT2D eigenvalue weighted by molar-refractivity contribution is -0.159. The van der Waals surface area contributed by atoms with Gasteiger partial charge in [0.25, 0.3) is 0 Å². The fraction of sp³-hybridized carbons (Fsp3) is 0.929. The molecule has 0 saturated carbocycles. The molecule has 0 aliphatic carbocycles. The Bertz CT molecular complexity index is 378. The zero-order valence-electron chi connectivity index (χ0n) is 11.7. The molecule has 0 radical (unpaired) electrons. The summed E-state index contributed by atoms with van der Waals surface area (Å²) in [6, 6.07) is 0. The van der Waals surface area contributed by atoms with Gasteiger partial charge in [0, 0.05) is 19.6 Å². The molecule has 3 fully saturated rings. The molecule has 114 valence electrons. The maximum atomic E-state index is 13.2. The van der Waals surface area contributed by atoms with E-state index >= 15 is 0 Å². The van der Waals surface area contributed by atoms with E-state index in [1.54, 1.807) is 0 Å². The molecule has 3 rings (SSSR count). The molecule has 0 aromatic rings. The van der Waals surface area contributed by atoms with E-state index in [0.717, 1.165) is 32.6 Å². The number of halogens is 2. The summed E-state index contributed by atoms with van der Waals surface area (Å²) in [5.74, 6) is -4.64. The first-order valence-electron chi connectivity index (χ1n) is 7.51. The van der Waals surface area contributed by atoms with Crippen molar-refractivity contribution in [1.82, 2.24) is 10.2 Å². The maximum absolute atomic E-state index is 13.2. The zero-order valence-corrected chi connectivity index (χ0v) is 11.7. The first kappa shape index (κ1) is 14.2. The van der Waals surface area contributed by atoms with Gasteiger partial charge < -0.3 is 10.1 Å². The quantitative estimate of drug-likeness (QED) is 0.780. The van der Waals surface area contributed by atoms with Gasteiger partial charge in [0.1, 0.15) is 6.10 Å². The standard InChI is InChI=1S/C14H22F2N2O2/c15-14(16)7-11(20-12(14)19)8-18-6-2-4-13(10-18)3-1-5-17-9-13/h11,17H,1-10H2. The predicted octanol–water partition coefficient (Wildman–Crippen LogP) is 1.40. The number of nitrogens with one attached hydrogen (secondary N) is 1. The number of alkyl halides is 2. The number of carbonyl (C=O) groups excluding carboxylic acids is 1. The van der Waals surface area contributed by atoms with E-state index in [0.29, 0.717) is 12.0 Å². The van der Waals surface area contributed by atoms with Crippen molar-refractivity contribution in [3.05, 3.63) is 0 Å². The average molecular weight is 288 g/mol. The topological polar surface area (TPSA) is 41.6 Å². The summed E-state index contributed by atoms with van der Waals surface area (Å²) < 4.78 is 31.2. The van der Waals surface area contributed by atoms with Crippen LogP contribution in [0.1, 0.15) is 32.1 Å². The molecular formula is C14H22F2N2O2. The lowest BCUT2D eigenvalue weighted by Gasteiger charge is -2.45. The van der Waals surface area contributed by atoms with Crippen LogP contribution in [-0.4, -0.2) is 55.6 Å². The van der Waals surface area contributed by atoms with Crippen molar-refractivity contribution in [2.24, 2.45) is 5.41 Å². The summed E-state index contributed by atoms with van der Waals surface area (Å²) >= 11 is 0. The van der Waals surface area contributed by atoms with Crippen LogP contribution in [0.2, 0.25) is 0 Å². The summed E-state index contributed by atoms with van der Waals surface area (Å²) in [4.78, 5) is 13.2. The minimum absolute atomic E-state index is 0.293. The van der Waals surface area contributed by atoms with Crippen molar-refractivity contribution in [3.8, 4) is 0 Å². The minimum Gasteiger partial charge on any atom is -0.456 e. The first-order chi connectivity index (χ1) is 9.49. The number of carbonyl (C=O) groups is 1. The van der Waals surface area contributed by atoms with Crippen LogP contribution in [0.25, 0.3) is 0 Å². The van der Waals surface area contributed by atoms with Gasteiger partial charge in [-0.05, 0) is 44.2 Å². The molecule has 6 heteroatoms. The zero-order chi connectivity index (χ0) is 14.2. The molecule has 1 spiro atoms. The van der Waals surface area contributed by atoms with E-state index in [-0.39, 0.29) is 0 Å². The molecule has 3 aliphatic heterocycles.